The van der Waals surface area contributed by atoms with E-state index in [-0.39, 0.29) is 0 Å². The Morgan fingerprint density at radius 2 is 1.83 bits per heavy atom. The molecule has 2 aliphatic heterocycles. The van der Waals surface area contributed by atoms with E-state index in [1.165, 1.54) is 7.11 Å². The lowest BCUT2D eigenvalue weighted by atomic mass is 10.1. The van der Waals surface area contributed by atoms with Crippen LogP contribution in [0.3, 0.4) is 0 Å². The number of ether oxygens (including phenoxy) is 1. The SMILES string of the molecule is C/C=C1/C=CC(C(/C(=O)OC)=c2/cc/c(=C/c3ccc(/C=C4/C=CC=N4)[nH]3)[nH]2)=N1. The van der Waals surface area contributed by atoms with E-state index < -0.39 is 5.97 Å². The number of hydrogen-bond donors (Lipinski definition) is 2. The van der Waals surface area contributed by atoms with Gasteiger partial charge in [-0.05, 0) is 67.6 Å². The van der Waals surface area contributed by atoms with E-state index in [4.69, 9.17) is 4.74 Å². The third-order valence-electron chi connectivity index (χ3n) is 4.50. The van der Waals surface area contributed by atoms with E-state index in [2.05, 4.69) is 20.0 Å². The maximum atomic E-state index is 12.4. The van der Waals surface area contributed by atoms with Gasteiger partial charge in [0.1, 0.15) is 5.57 Å². The first-order valence-corrected chi connectivity index (χ1v) is 9.20. The topological polar surface area (TPSA) is 82.6 Å². The first-order chi connectivity index (χ1) is 14.2. The van der Waals surface area contributed by atoms with Crippen LogP contribution in [0.5, 0.6) is 0 Å². The Morgan fingerprint density at radius 3 is 2.52 bits per heavy atom. The Bertz CT molecular complexity index is 1250. The highest BCUT2D eigenvalue weighted by Crippen LogP contribution is 2.15. The Hall–Kier alpha value is -3.93. The molecule has 0 unspecified atom stereocenters. The number of methoxy groups -OCH3 is 1. The minimum absolute atomic E-state index is 0.406. The third-order valence-corrected chi connectivity index (χ3v) is 4.50. The lowest BCUT2D eigenvalue weighted by molar-refractivity contribution is -0.133. The highest BCUT2D eigenvalue weighted by atomic mass is 16.5. The molecule has 0 aliphatic carbocycles. The van der Waals surface area contributed by atoms with Crippen molar-refractivity contribution in [3.8, 4) is 0 Å². The van der Waals surface area contributed by atoms with Crippen LogP contribution in [0.4, 0.5) is 0 Å². The summed E-state index contributed by atoms with van der Waals surface area (Å²) in [4.78, 5) is 27.7. The number of nitrogens with zero attached hydrogens (tertiary/aromatic N) is 2. The predicted molar refractivity (Wildman–Crippen MR) is 116 cm³/mol. The first kappa shape index (κ1) is 18.4. The number of aliphatic imine (C=N–C) groups is 2. The quantitative estimate of drug-likeness (QED) is 0.794. The van der Waals surface area contributed by atoms with Gasteiger partial charge >= 0.3 is 5.97 Å². The molecule has 2 aromatic heterocycles. The van der Waals surface area contributed by atoms with E-state index in [9.17, 15) is 4.79 Å². The van der Waals surface area contributed by atoms with Gasteiger partial charge in [-0.15, -0.1) is 0 Å². The zero-order chi connectivity index (χ0) is 20.2. The maximum absolute atomic E-state index is 12.4. The zero-order valence-corrected chi connectivity index (χ0v) is 16.1. The van der Waals surface area contributed by atoms with Crippen molar-refractivity contribution in [1.82, 2.24) is 9.97 Å². The average Bonchev–Trinajstić information content (AvgIpc) is 3.51. The van der Waals surface area contributed by atoms with Crippen LogP contribution in [0, 0.1) is 0 Å². The van der Waals surface area contributed by atoms with Crippen molar-refractivity contribution >= 4 is 35.6 Å². The summed E-state index contributed by atoms with van der Waals surface area (Å²) in [6.07, 6.45) is 15.1. The molecule has 0 spiro atoms. The molecule has 4 rings (SSSR count). The fourth-order valence-electron chi connectivity index (χ4n) is 3.10. The van der Waals surface area contributed by atoms with Gasteiger partial charge in [-0.2, -0.15) is 0 Å². The largest absolute Gasteiger partial charge is 0.465 e. The van der Waals surface area contributed by atoms with Gasteiger partial charge in [0, 0.05) is 23.0 Å². The molecule has 2 N–H and O–H groups in total. The van der Waals surface area contributed by atoms with Gasteiger partial charge in [-0.1, -0.05) is 6.08 Å². The number of esters is 1. The minimum Gasteiger partial charge on any atom is -0.465 e. The number of hydrogen-bond acceptors (Lipinski definition) is 4. The van der Waals surface area contributed by atoms with Gasteiger partial charge < -0.3 is 14.7 Å². The van der Waals surface area contributed by atoms with E-state index in [0.29, 0.717) is 16.6 Å². The second kappa shape index (κ2) is 7.98. The molecule has 0 saturated carbocycles. The summed E-state index contributed by atoms with van der Waals surface area (Å²) in [6.45, 7) is 1.90. The van der Waals surface area contributed by atoms with E-state index in [0.717, 1.165) is 28.1 Å². The van der Waals surface area contributed by atoms with Crippen LogP contribution in [0.25, 0.3) is 17.7 Å². The van der Waals surface area contributed by atoms with Crippen LogP contribution >= 0.6 is 0 Å². The average molecular weight is 384 g/mol. The molecule has 144 valence electrons. The fraction of sp³-hybridized carbons (Fsp3) is 0.0870. The number of aromatic amines is 2. The number of H-pyrrole nitrogens is 2. The summed E-state index contributed by atoms with van der Waals surface area (Å²) in [5.41, 5.74) is 4.61. The monoisotopic (exact) mass is 384 g/mol. The van der Waals surface area contributed by atoms with Crippen molar-refractivity contribution in [2.45, 2.75) is 6.92 Å². The molecule has 2 aliphatic rings. The molecule has 0 atom stereocenters. The summed E-state index contributed by atoms with van der Waals surface area (Å²) in [5.74, 6) is -0.432. The highest BCUT2D eigenvalue weighted by Gasteiger charge is 2.19. The van der Waals surface area contributed by atoms with Crippen LogP contribution in [-0.4, -0.2) is 35.0 Å². The molecule has 0 saturated heterocycles. The predicted octanol–water partition coefficient (Wildman–Crippen LogP) is 2.39. The Kier molecular flexibility index (Phi) is 5.07. The van der Waals surface area contributed by atoms with Gasteiger partial charge in [0.2, 0.25) is 0 Å². The molecule has 0 fully saturated rings. The number of aromatic nitrogens is 2. The number of allylic oxidation sites excluding steroid dienone is 5. The van der Waals surface area contributed by atoms with Crippen LogP contribution in [-0.2, 0) is 9.53 Å². The van der Waals surface area contributed by atoms with Crippen molar-refractivity contribution in [2.24, 2.45) is 9.98 Å². The van der Waals surface area contributed by atoms with Crippen LogP contribution in [0.15, 0.2) is 76.0 Å². The second-order valence-electron chi connectivity index (χ2n) is 6.46. The number of rotatable bonds is 4. The molecule has 29 heavy (non-hydrogen) atoms. The summed E-state index contributed by atoms with van der Waals surface area (Å²) < 4.78 is 4.97. The summed E-state index contributed by atoms with van der Waals surface area (Å²) >= 11 is 0. The van der Waals surface area contributed by atoms with Crippen LogP contribution < -0.4 is 10.7 Å². The Labute approximate surface area is 167 Å². The number of carbonyl (C=O) groups excluding carboxylic acids is 1. The van der Waals surface area contributed by atoms with E-state index in [1.54, 1.807) is 6.21 Å². The summed E-state index contributed by atoms with van der Waals surface area (Å²) in [6, 6.07) is 7.75. The molecule has 0 radical (unpaired) electrons. The molecule has 4 heterocycles. The molecule has 0 amide bonds. The molecule has 0 bridgehead atoms. The smallest absolute Gasteiger partial charge is 0.342 e. The maximum Gasteiger partial charge on any atom is 0.342 e. The summed E-state index contributed by atoms with van der Waals surface area (Å²) in [7, 11) is 1.37. The molecule has 2 aromatic rings. The molecule has 6 nitrogen and oxygen atoms in total. The summed E-state index contributed by atoms with van der Waals surface area (Å²) in [5, 5.41) is 1.51. The van der Waals surface area contributed by atoms with Crippen molar-refractivity contribution in [3.63, 3.8) is 0 Å². The normalized spacial score (nSPS) is 19.5. The lowest BCUT2D eigenvalue weighted by Crippen LogP contribution is -2.23. The highest BCUT2D eigenvalue weighted by molar-refractivity contribution is 6.44. The molecular weight excluding hydrogens is 364 g/mol. The Morgan fingerprint density at radius 1 is 1.00 bits per heavy atom. The first-order valence-electron chi connectivity index (χ1n) is 9.20. The molecule has 0 aromatic carbocycles. The lowest BCUT2D eigenvalue weighted by Gasteiger charge is -2.02. The standard InChI is InChI=1S/C23H20N4O2/c1-3-15-8-10-20(26-15)22(23(28)29-2)21-11-9-19(27-21)14-18-7-6-17(25-18)13-16-5-4-12-24-16/h3-14,25,27H,1-2H3/b15-3-,16-13-,19-14-,22-21+. The number of carbonyl (C=O) groups is 1. The minimum atomic E-state index is -0.432. The van der Waals surface area contributed by atoms with Crippen LogP contribution in [0.2, 0.25) is 0 Å². The van der Waals surface area contributed by atoms with E-state index >= 15 is 0 Å². The molecular formula is C23H20N4O2. The van der Waals surface area contributed by atoms with Crippen molar-refractivity contribution in [1.29, 1.82) is 0 Å². The van der Waals surface area contributed by atoms with Gasteiger partial charge in [0.25, 0.3) is 0 Å². The van der Waals surface area contributed by atoms with Gasteiger partial charge in [0.05, 0.1) is 29.6 Å². The third kappa shape index (κ3) is 4.01. The Balaban J connectivity index is 1.71. The van der Waals surface area contributed by atoms with Gasteiger partial charge in [-0.3, -0.25) is 4.99 Å². The molecule has 6 heteroatoms. The van der Waals surface area contributed by atoms with Crippen LogP contribution in [0.1, 0.15) is 18.3 Å². The second-order valence-corrected chi connectivity index (χ2v) is 6.46. The number of nitrogens with one attached hydrogen (secondary N) is 2. The van der Waals surface area contributed by atoms with Gasteiger partial charge in [0.15, 0.2) is 0 Å². The van der Waals surface area contributed by atoms with Crippen molar-refractivity contribution in [3.05, 3.63) is 88.1 Å². The fourth-order valence-corrected chi connectivity index (χ4v) is 3.10. The van der Waals surface area contributed by atoms with Crippen molar-refractivity contribution < 1.29 is 9.53 Å². The van der Waals surface area contributed by atoms with E-state index in [1.807, 2.05) is 73.7 Å². The van der Waals surface area contributed by atoms with Gasteiger partial charge in [-0.25, -0.2) is 9.79 Å². The van der Waals surface area contributed by atoms with Crippen molar-refractivity contribution in [2.75, 3.05) is 7.11 Å². The zero-order valence-electron chi connectivity index (χ0n) is 16.1.